The van der Waals surface area contributed by atoms with Crippen molar-refractivity contribution in [1.29, 1.82) is 0 Å². The minimum Gasteiger partial charge on any atom is -0.322 e. The maximum atomic E-state index is 11.0. The average Bonchev–Trinajstić information content (AvgIpc) is 2.49. The quantitative estimate of drug-likeness (QED) is 0.483. The van der Waals surface area contributed by atoms with Gasteiger partial charge in [0.05, 0.1) is 3.79 Å². The van der Waals surface area contributed by atoms with Crippen LogP contribution in [0.4, 0.5) is 4.79 Å². The van der Waals surface area contributed by atoms with Crippen LogP contribution >= 0.6 is 27.3 Å². The van der Waals surface area contributed by atoms with Crippen LogP contribution in [0.2, 0.25) is 0 Å². The molecular weight excluding hydrogens is 254 g/mol. The highest BCUT2D eigenvalue weighted by Gasteiger charge is 2.07. The topological polar surface area (TPSA) is 58.4 Å². The first kappa shape index (κ1) is 10.5. The molecule has 0 atom stereocenters. The number of hydrogen-bond acceptors (Lipinski definition) is 3. The Morgan fingerprint density at radius 2 is 2.54 bits per heavy atom. The number of carbonyl (C=O) groups excluding carboxylic acids is 1. The van der Waals surface area contributed by atoms with Gasteiger partial charge in [-0.3, -0.25) is 5.43 Å². The Kier molecular flexibility index (Phi) is 3.71. The van der Waals surface area contributed by atoms with E-state index in [4.69, 9.17) is 5.84 Å². The van der Waals surface area contributed by atoms with Gasteiger partial charge in [0.2, 0.25) is 0 Å². The molecule has 0 spiro atoms. The summed E-state index contributed by atoms with van der Waals surface area (Å²) in [6, 6.07) is 1.69. The molecule has 0 saturated carbocycles. The lowest BCUT2D eigenvalue weighted by molar-refractivity contribution is 0.207. The Morgan fingerprint density at radius 3 is 3.00 bits per heavy atom. The third kappa shape index (κ3) is 2.98. The zero-order valence-electron chi connectivity index (χ0n) is 7.08. The molecule has 13 heavy (non-hydrogen) atoms. The predicted octanol–water partition coefficient (Wildman–Crippen LogP) is 1.53. The van der Waals surface area contributed by atoms with Crippen LogP contribution in [0.1, 0.15) is 5.56 Å². The second kappa shape index (κ2) is 4.59. The number of urea groups is 1. The molecule has 0 bridgehead atoms. The average molecular weight is 264 g/mol. The fourth-order valence-electron chi connectivity index (χ4n) is 0.885. The van der Waals surface area contributed by atoms with Crippen LogP contribution in [0.5, 0.6) is 0 Å². The van der Waals surface area contributed by atoms with Crippen molar-refractivity contribution in [1.82, 2.24) is 10.3 Å². The van der Waals surface area contributed by atoms with Crippen LogP contribution in [0.3, 0.4) is 0 Å². The van der Waals surface area contributed by atoms with Gasteiger partial charge in [-0.1, -0.05) is 0 Å². The lowest BCUT2D eigenvalue weighted by Crippen LogP contribution is -2.40. The van der Waals surface area contributed by atoms with E-state index in [1.54, 1.807) is 18.4 Å². The van der Waals surface area contributed by atoms with Gasteiger partial charge >= 0.3 is 6.03 Å². The van der Waals surface area contributed by atoms with Crippen LogP contribution < -0.4 is 11.3 Å². The molecular formula is C7H10BrN3OS. The molecule has 1 aromatic rings. The standard InChI is InChI=1S/C7H10BrN3OS/c1-11(7(12)10-9)3-5-2-6(8)13-4-5/h2,4H,3,9H2,1H3,(H,10,12). The fourth-order valence-corrected chi connectivity index (χ4v) is 2.08. The van der Waals surface area contributed by atoms with Crippen molar-refractivity contribution in [3.63, 3.8) is 0 Å². The number of halogens is 1. The molecule has 1 aromatic heterocycles. The maximum Gasteiger partial charge on any atom is 0.331 e. The van der Waals surface area contributed by atoms with Crippen molar-refractivity contribution in [3.05, 3.63) is 20.8 Å². The number of thiophene rings is 1. The normalized spacial score (nSPS) is 9.77. The van der Waals surface area contributed by atoms with Gasteiger partial charge in [-0.05, 0) is 32.9 Å². The molecule has 1 heterocycles. The first-order chi connectivity index (χ1) is 6.13. The third-order valence-electron chi connectivity index (χ3n) is 1.51. The van der Waals surface area contributed by atoms with Crippen molar-refractivity contribution >= 4 is 33.3 Å². The van der Waals surface area contributed by atoms with E-state index in [1.165, 1.54) is 4.90 Å². The van der Waals surface area contributed by atoms with E-state index < -0.39 is 0 Å². The number of amides is 2. The van der Waals surface area contributed by atoms with Crippen molar-refractivity contribution < 1.29 is 4.79 Å². The summed E-state index contributed by atoms with van der Waals surface area (Å²) in [7, 11) is 1.69. The van der Waals surface area contributed by atoms with E-state index >= 15 is 0 Å². The third-order valence-corrected chi connectivity index (χ3v) is 3.06. The zero-order chi connectivity index (χ0) is 9.84. The van der Waals surface area contributed by atoms with Gasteiger partial charge in [-0.25, -0.2) is 10.6 Å². The molecule has 4 nitrogen and oxygen atoms in total. The first-order valence-electron chi connectivity index (χ1n) is 3.58. The lowest BCUT2D eigenvalue weighted by atomic mass is 10.3. The highest BCUT2D eigenvalue weighted by atomic mass is 79.9. The second-order valence-electron chi connectivity index (χ2n) is 2.56. The summed E-state index contributed by atoms with van der Waals surface area (Å²) in [6.45, 7) is 0.561. The summed E-state index contributed by atoms with van der Waals surface area (Å²) in [4.78, 5) is 12.5. The summed E-state index contributed by atoms with van der Waals surface area (Å²) < 4.78 is 1.06. The second-order valence-corrected chi connectivity index (χ2v) is 4.86. The van der Waals surface area contributed by atoms with Crippen molar-refractivity contribution in [2.24, 2.45) is 5.84 Å². The summed E-state index contributed by atoms with van der Waals surface area (Å²) >= 11 is 4.94. The molecule has 3 N–H and O–H groups in total. The number of nitrogens with one attached hydrogen (secondary N) is 1. The van der Waals surface area contributed by atoms with Crippen LogP contribution in [0.25, 0.3) is 0 Å². The van der Waals surface area contributed by atoms with Crippen molar-refractivity contribution in [3.8, 4) is 0 Å². The fraction of sp³-hybridized carbons (Fsp3) is 0.286. The van der Waals surface area contributed by atoms with Crippen LogP contribution in [0, 0.1) is 0 Å². The number of nitrogens with two attached hydrogens (primary N) is 1. The molecule has 0 aromatic carbocycles. The van der Waals surface area contributed by atoms with Gasteiger partial charge in [0.25, 0.3) is 0 Å². The van der Waals surface area contributed by atoms with Crippen molar-refractivity contribution in [2.75, 3.05) is 7.05 Å². The Morgan fingerprint density at radius 1 is 1.85 bits per heavy atom. The Labute approximate surface area is 88.8 Å². The SMILES string of the molecule is CN(Cc1csc(Br)c1)C(=O)NN. The largest absolute Gasteiger partial charge is 0.331 e. The van der Waals surface area contributed by atoms with Gasteiger partial charge in [0.15, 0.2) is 0 Å². The Hall–Kier alpha value is -0.590. The molecule has 0 aliphatic heterocycles. The summed E-state index contributed by atoms with van der Waals surface area (Å²) in [5, 5.41) is 1.99. The van der Waals surface area contributed by atoms with Gasteiger partial charge in [0, 0.05) is 13.6 Å². The van der Waals surface area contributed by atoms with Gasteiger partial charge in [-0.15, -0.1) is 11.3 Å². The maximum absolute atomic E-state index is 11.0. The smallest absolute Gasteiger partial charge is 0.322 e. The summed E-state index contributed by atoms with van der Waals surface area (Å²) in [5.41, 5.74) is 3.16. The monoisotopic (exact) mass is 263 g/mol. The molecule has 0 aliphatic rings. The van der Waals surface area contributed by atoms with Crippen LogP contribution in [-0.4, -0.2) is 18.0 Å². The number of nitrogens with zero attached hydrogens (tertiary/aromatic N) is 1. The molecule has 0 aliphatic carbocycles. The summed E-state index contributed by atoms with van der Waals surface area (Å²) in [5.74, 6) is 4.98. The van der Waals surface area contributed by atoms with E-state index in [0.29, 0.717) is 6.54 Å². The number of hydrogen-bond donors (Lipinski definition) is 2. The summed E-state index contributed by atoms with van der Waals surface area (Å²) in [6.07, 6.45) is 0. The van der Waals surface area contributed by atoms with E-state index in [1.807, 2.05) is 11.4 Å². The van der Waals surface area contributed by atoms with E-state index in [9.17, 15) is 4.79 Å². The highest BCUT2D eigenvalue weighted by molar-refractivity contribution is 9.11. The number of rotatable bonds is 2. The highest BCUT2D eigenvalue weighted by Crippen LogP contribution is 2.21. The molecule has 0 unspecified atom stereocenters. The Balaban J connectivity index is 2.54. The molecule has 72 valence electrons. The van der Waals surface area contributed by atoms with Gasteiger partial charge in [0.1, 0.15) is 0 Å². The molecule has 6 heteroatoms. The number of carbonyl (C=O) groups is 1. The molecule has 0 fully saturated rings. The zero-order valence-corrected chi connectivity index (χ0v) is 9.48. The molecule has 0 saturated heterocycles. The first-order valence-corrected chi connectivity index (χ1v) is 5.25. The minimum absolute atomic E-state index is 0.290. The minimum atomic E-state index is -0.290. The molecule has 1 rings (SSSR count). The number of hydrazine groups is 1. The van der Waals surface area contributed by atoms with E-state index in [0.717, 1.165) is 9.35 Å². The van der Waals surface area contributed by atoms with E-state index in [-0.39, 0.29) is 6.03 Å². The molecule has 2 amide bonds. The van der Waals surface area contributed by atoms with Gasteiger partial charge < -0.3 is 4.90 Å². The Bertz CT molecular complexity index is 302. The van der Waals surface area contributed by atoms with E-state index in [2.05, 4.69) is 21.4 Å². The lowest BCUT2D eigenvalue weighted by Gasteiger charge is -2.14. The van der Waals surface area contributed by atoms with Gasteiger partial charge in [-0.2, -0.15) is 0 Å². The van der Waals surface area contributed by atoms with Crippen LogP contribution in [0.15, 0.2) is 15.2 Å². The predicted molar refractivity (Wildman–Crippen MR) is 56.2 cm³/mol. The van der Waals surface area contributed by atoms with Crippen molar-refractivity contribution in [2.45, 2.75) is 6.54 Å². The van der Waals surface area contributed by atoms with Crippen LogP contribution in [-0.2, 0) is 6.54 Å². The molecule has 0 radical (unpaired) electrons.